The average molecular weight is 341 g/mol. The van der Waals surface area contributed by atoms with Crippen molar-refractivity contribution in [2.24, 2.45) is 0 Å². The predicted octanol–water partition coefficient (Wildman–Crippen LogP) is 1.75. The average Bonchev–Trinajstić information content (AvgIpc) is 3.28. The predicted molar refractivity (Wildman–Crippen MR) is 91.2 cm³/mol. The third-order valence-corrected chi connectivity index (χ3v) is 4.01. The summed E-state index contributed by atoms with van der Waals surface area (Å²) >= 11 is 0. The smallest absolute Gasteiger partial charge is 0.273 e. The molecule has 2 amide bonds. The van der Waals surface area contributed by atoms with E-state index in [9.17, 15) is 9.59 Å². The van der Waals surface area contributed by atoms with Gasteiger partial charge in [0.05, 0.1) is 5.56 Å². The summed E-state index contributed by atoms with van der Waals surface area (Å²) in [5.74, 6) is -0.447. The number of aromatic amines is 1. The molecule has 8 nitrogen and oxygen atoms in total. The van der Waals surface area contributed by atoms with Gasteiger partial charge in [0, 0.05) is 36.8 Å². The van der Waals surface area contributed by atoms with Crippen molar-refractivity contribution < 1.29 is 14.1 Å². The molecule has 130 valence electrons. The van der Waals surface area contributed by atoms with Crippen LogP contribution in [0, 0.1) is 6.92 Å². The molecule has 3 rings (SSSR count). The number of hydrogen-bond donors (Lipinski definition) is 2. The van der Waals surface area contributed by atoms with Crippen LogP contribution in [0.15, 0.2) is 35.1 Å². The molecule has 2 heterocycles. The van der Waals surface area contributed by atoms with E-state index in [-0.39, 0.29) is 17.5 Å². The van der Waals surface area contributed by atoms with Crippen LogP contribution in [0.4, 0.5) is 0 Å². The van der Waals surface area contributed by atoms with Gasteiger partial charge < -0.3 is 14.7 Å². The highest BCUT2D eigenvalue weighted by Crippen LogP contribution is 2.20. The maximum absolute atomic E-state index is 12.8. The molecule has 0 bridgehead atoms. The van der Waals surface area contributed by atoms with E-state index in [2.05, 4.69) is 25.2 Å². The SMILES string of the molecule is CCN(CCNC(=O)c1ccon1)C(=O)c1cccc2c(C)[nH]nc12. The Kier molecular flexibility index (Phi) is 4.78. The molecule has 3 aromatic rings. The second-order valence-corrected chi connectivity index (χ2v) is 5.58. The topological polar surface area (TPSA) is 104 Å². The van der Waals surface area contributed by atoms with Crippen LogP contribution in [-0.4, -0.2) is 51.7 Å². The minimum Gasteiger partial charge on any atom is -0.364 e. The number of nitrogens with one attached hydrogen (secondary N) is 2. The molecule has 0 fully saturated rings. The van der Waals surface area contributed by atoms with Gasteiger partial charge in [-0.25, -0.2) is 0 Å². The summed E-state index contributed by atoms with van der Waals surface area (Å²) in [5.41, 5.74) is 2.35. The number of fused-ring (bicyclic) bond motifs is 1. The van der Waals surface area contributed by atoms with E-state index in [1.54, 1.807) is 11.0 Å². The van der Waals surface area contributed by atoms with Crippen LogP contribution in [0.5, 0.6) is 0 Å². The van der Waals surface area contributed by atoms with Gasteiger partial charge in [0.25, 0.3) is 11.8 Å². The lowest BCUT2D eigenvalue weighted by Crippen LogP contribution is -2.38. The minimum absolute atomic E-state index is 0.115. The van der Waals surface area contributed by atoms with Gasteiger partial charge in [0.2, 0.25) is 0 Å². The number of benzene rings is 1. The Morgan fingerprint density at radius 1 is 1.32 bits per heavy atom. The monoisotopic (exact) mass is 341 g/mol. The number of aromatic nitrogens is 3. The highest BCUT2D eigenvalue weighted by Gasteiger charge is 2.19. The molecule has 25 heavy (non-hydrogen) atoms. The zero-order valence-corrected chi connectivity index (χ0v) is 14.1. The summed E-state index contributed by atoms with van der Waals surface area (Å²) in [4.78, 5) is 26.3. The first kappa shape index (κ1) is 16.7. The Bertz CT molecular complexity index is 885. The van der Waals surface area contributed by atoms with Crippen LogP contribution < -0.4 is 5.32 Å². The first-order chi connectivity index (χ1) is 12.1. The molecule has 0 aliphatic rings. The van der Waals surface area contributed by atoms with E-state index >= 15 is 0 Å². The van der Waals surface area contributed by atoms with E-state index in [0.717, 1.165) is 11.1 Å². The molecule has 0 saturated heterocycles. The van der Waals surface area contributed by atoms with E-state index in [4.69, 9.17) is 0 Å². The molecule has 0 spiro atoms. The number of likely N-dealkylation sites (N-methyl/N-ethyl adjacent to an activating group) is 1. The molecule has 0 atom stereocenters. The summed E-state index contributed by atoms with van der Waals surface area (Å²) < 4.78 is 4.64. The fourth-order valence-electron chi connectivity index (χ4n) is 2.64. The Morgan fingerprint density at radius 3 is 2.88 bits per heavy atom. The minimum atomic E-state index is -0.331. The summed E-state index contributed by atoms with van der Waals surface area (Å²) in [6.45, 7) is 5.05. The number of rotatable bonds is 6. The molecule has 2 N–H and O–H groups in total. The van der Waals surface area contributed by atoms with Gasteiger partial charge in [-0.15, -0.1) is 0 Å². The van der Waals surface area contributed by atoms with Crippen LogP contribution in [0.3, 0.4) is 0 Å². The van der Waals surface area contributed by atoms with Gasteiger partial charge in [-0.1, -0.05) is 17.3 Å². The van der Waals surface area contributed by atoms with E-state index < -0.39 is 0 Å². The lowest BCUT2D eigenvalue weighted by atomic mass is 10.1. The molecule has 0 radical (unpaired) electrons. The van der Waals surface area contributed by atoms with Crippen LogP contribution in [0.1, 0.15) is 33.5 Å². The largest absolute Gasteiger partial charge is 0.364 e. The molecule has 8 heteroatoms. The Morgan fingerprint density at radius 2 is 2.16 bits per heavy atom. The second-order valence-electron chi connectivity index (χ2n) is 5.58. The number of H-pyrrole nitrogens is 1. The van der Waals surface area contributed by atoms with Crippen LogP contribution >= 0.6 is 0 Å². The molecule has 1 aromatic carbocycles. The number of aryl methyl sites for hydroxylation is 1. The van der Waals surface area contributed by atoms with E-state index in [0.29, 0.717) is 30.7 Å². The van der Waals surface area contributed by atoms with Crippen molar-refractivity contribution in [3.05, 3.63) is 47.5 Å². The maximum atomic E-state index is 12.8. The molecule has 2 aromatic heterocycles. The van der Waals surface area contributed by atoms with Gasteiger partial charge in [0.1, 0.15) is 11.8 Å². The van der Waals surface area contributed by atoms with Crippen LogP contribution in [-0.2, 0) is 0 Å². The van der Waals surface area contributed by atoms with E-state index in [1.165, 1.54) is 12.3 Å². The third-order valence-electron chi connectivity index (χ3n) is 4.01. The molecule has 0 unspecified atom stereocenters. The highest BCUT2D eigenvalue weighted by atomic mass is 16.5. The quantitative estimate of drug-likeness (QED) is 0.711. The lowest BCUT2D eigenvalue weighted by Gasteiger charge is -2.21. The molecule has 0 saturated carbocycles. The summed E-state index contributed by atoms with van der Waals surface area (Å²) in [7, 11) is 0. The van der Waals surface area contributed by atoms with Crippen molar-refractivity contribution in [2.45, 2.75) is 13.8 Å². The maximum Gasteiger partial charge on any atom is 0.273 e. The molecule has 0 aliphatic heterocycles. The van der Waals surface area contributed by atoms with Crippen molar-refractivity contribution in [1.82, 2.24) is 25.6 Å². The fraction of sp³-hybridized carbons (Fsp3) is 0.294. The Hall–Kier alpha value is -3.16. The van der Waals surface area contributed by atoms with Crippen molar-refractivity contribution in [2.75, 3.05) is 19.6 Å². The molecular weight excluding hydrogens is 322 g/mol. The van der Waals surface area contributed by atoms with Gasteiger partial charge in [-0.3, -0.25) is 14.7 Å². The number of carbonyl (C=O) groups is 2. The van der Waals surface area contributed by atoms with E-state index in [1.807, 2.05) is 26.0 Å². The van der Waals surface area contributed by atoms with Gasteiger partial charge >= 0.3 is 0 Å². The van der Waals surface area contributed by atoms with Crippen LogP contribution in [0.25, 0.3) is 10.9 Å². The normalized spacial score (nSPS) is 10.8. The van der Waals surface area contributed by atoms with Crippen LogP contribution in [0.2, 0.25) is 0 Å². The first-order valence-electron chi connectivity index (χ1n) is 8.03. The summed E-state index contributed by atoms with van der Waals surface area (Å²) in [6.07, 6.45) is 1.34. The third kappa shape index (κ3) is 3.37. The summed E-state index contributed by atoms with van der Waals surface area (Å²) in [5, 5.41) is 14.4. The second kappa shape index (κ2) is 7.16. The summed E-state index contributed by atoms with van der Waals surface area (Å²) in [6, 6.07) is 7.03. The number of para-hydroxylation sites is 1. The van der Waals surface area contributed by atoms with Crippen molar-refractivity contribution in [3.8, 4) is 0 Å². The van der Waals surface area contributed by atoms with Crippen molar-refractivity contribution in [1.29, 1.82) is 0 Å². The number of carbonyl (C=O) groups excluding carboxylic acids is 2. The van der Waals surface area contributed by atoms with Gasteiger partial charge in [-0.05, 0) is 19.9 Å². The zero-order chi connectivity index (χ0) is 17.8. The first-order valence-corrected chi connectivity index (χ1v) is 8.03. The number of hydrogen-bond acceptors (Lipinski definition) is 5. The van der Waals surface area contributed by atoms with Crippen molar-refractivity contribution in [3.63, 3.8) is 0 Å². The van der Waals surface area contributed by atoms with Gasteiger partial charge in [-0.2, -0.15) is 5.10 Å². The number of amides is 2. The number of nitrogens with zero attached hydrogens (tertiary/aromatic N) is 3. The standard InChI is InChI=1S/C17H19N5O3/c1-3-22(9-8-18-16(23)14-7-10-25-21-14)17(24)13-6-4-5-12-11(2)19-20-15(12)13/h4-7,10H,3,8-9H2,1-2H3,(H,18,23)(H,19,20). The highest BCUT2D eigenvalue weighted by molar-refractivity contribution is 6.06. The van der Waals surface area contributed by atoms with Gasteiger partial charge in [0.15, 0.2) is 5.69 Å². The fourth-order valence-corrected chi connectivity index (χ4v) is 2.64. The molecular formula is C17H19N5O3. The Balaban J connectivity index is 1.67. The lowest BCUT2D eigenvalue weighted by molar-refractivity contribution is 0.0758. The Labute approximate surface area is 144 Å². The molecule has 0 aliphatic carbocycles. The zero-order valence-electron chi connectivity index (χ0n) is 14.1. The van der Waals surface area contributed by atoms with Crippen molar-refractivity contribution >= 4 is 22.7 Å².